The minimum Gasteiger partial charge on any atom is -0.398 e. The largest absolute Gasteiger partial charge is 0.398 e. The van der Waals surface area contributed by atoms with Crippen LogP contribution in [0.1, 0.15) is 0 Å². The Morgan fingerprint density at radius 3 is 2.43 bits per heavy atom. The Hall–Kier alpha value is -0.470. The molecule has 0 spiro atoms. The number of nitrogens with two attached hydrogens (primary N) is 1. The SMILES string of the molecule is Nc1cc(Br)cc(Br)c1S(=O)(=O)Nc1cccc(Cl)c1Cl. The Labute approximate surface area is 148 Å². The Morgan fingerprint density at radius 1 is 1.14 bits per heavy atom. The fourth-order valence-electron chi connectivity index (χ4n) is 1.64. The monoisotopic (exact) mass is 472 g/mol. The molecule has 0 saturated carbocycles. The average Bonchev–Trinajstić information content (AvgIpc) is 2.33. The number of hydrogen-bond donors (Lipinski definition) is 2. The lowest BCUT2D eigenvalue weighted by Crippen LogP contribution is -2.16. The summed E-state index contributed by atoms with van der Waals surface area (Å²) in [6.07, 6.45) is 0. The summed E-state index contributed by atoms with van der Waals surface area (Å²) in [5.74, 6) is 0. The summed E-state index contributed by atoms with van der Waals surface area (Å²) in [5, 5.41) is 0.370. The fraction of sp³-hybridized carbons (Fsp3) is 0. The van der Waals surface area contributed by atoms with Crippen LogP contribution in [0.2, 0.25) is 10.0 Å². The van der Waals surface area contributed by atoms with Gasteiger partial charge in [-0.1, -0.05) is 45.2 Å². The molecule has 0 aliphatic carbocycles. The van der Waals surface area contributed by atoms with Gasteiger partial charge in [-0.05, 0) is 40.2 Å². The zero-order valence-electron chi connectivity index (χ0n) is 10.2. The first-order valence-electron chi connectivity index (χ1n) is 5.43. The van der Waals surface area contributed by atoms with Crippen LogP contribution >= 0.6 is 55.1 Å². The molecule has 0 unspecified atom stereocenters. The quantitative estimate of drug-likeness (QED) is 0.621. The minimum atomic E-state index is -3.92. The third-order valence-electron chi connectivity index (χ3n) is 2.50. The molecule has 21 heavy (non-hydrogen) atoms. The molecule has 2 aromatic carbocycles. The lowest BCUT2D eigenvalue weighted by atomic mass is 10.3. The second kappa shape index (κ2) is 6.34. The van der Waals surface area contributed by atoms with Crippen LogP contribution in [0.25, 0.3) is 0 Å². The highest BCUT2D eigenvalue weighted by molar-refractivity contribution is 9.11. The normalized spacial score (nSPS) is 11.4. The molecule has 0 heterocycles. The maximum absolute atomic E-state index is 12.5. The summed E-state index contributed by atoms with van der Waals surface area (Å²) in [4.78, 5) is -0.0678. The van der Waals surface area contributed by atoms with Crippen molar-refractivity contribution in [2.24, 2.45) is 0 Å². The van der Waals surface area contributed by atoms with Crippen molar-refractivity contribution in [3.63, 3.8) is 0 Å². The first-order chi connectivity index (χ1) is 9.72. The number of rotatable bonds is 3. The van der Waals surface area contributed by atoms with Crippen molar-refractivity contribution >= 4 is 76.5 Å². The molecule has 0 radical (unpaired) electrons. The van der Waals surface area contributed by atoms with E-state index in [-0.39, 0.29) is 26.3 Å². The summed E-state index contributed by atoms with van der Waals surface area (Å²) < 4.78 is 28.3. The van der Waals surface area contributed by atoms with Crippen LogP contribution < -0.4 is 10.5 Å². The van der Waals surface area contributed by atoms with Crippen molar-refractivity contribution in [1.82, 2.24) is 0 Å². The Bertz CT molecular complexity index is 790. The van der Waals surface area contributed by atoms with Gasteiger partial charge in [-0.2, -0.15) is 0 Å². The van der Waals surface area contributed by atoms with Gasteiger partial charge in [-0.25, -0.2) is 8.42 Å². The maximum atomic E-state index is 12.5. The van der Waals surface area contributed by atoms with E-state index in [1.54, 1.807) is 18.2 Å². The second-order valence-corrected chi connectivity index (χ2v) is 8.19. The van der Waals surface area contributed by atoms with Crippen LogP contribution in [0.4, 0.5) is 11.4 Å². The van der Waals surface area contributed by atoms with Gasteiger partial charge in [0.25, 0.3) is 10.0 Å². The van der Waals surface area contributed by atoms with E-state index < -0.39 is 10.0 Å². The number of anilines is 2. The highest BCUT2D eigenvalue weighted by Crippen LogP contribution is 2.35. The summed E-state index contributed by atoms with van der Waals surface area (Å²) in [6.45, 7) is 0. The third-order valence-corrected chi connectivity index (χ3v) is 6.15. The van der Waals surface area contributed by atoms with Gasteiger partial charge < -0.3 is 5.73 Å². The topological polar surface area (TPSA) is 72.2 Å². The average molecular weight is 475 g/mol. The van der Waals surface area contributed by atoms with Crippen LogP contribution in [-0.4, -0.2) is 8.42 Å². The van der Waals surface area contributed by atoms with E-state index in [0.717, 1.165) is 0 Å². The molecule has 0 fully saturated rings. The van der Waals surface area contributed by atoms with Crippen molar-refractivity contribution in [3.8, 4) is 0 Å². The van der Waals surface area contributed by atoms with E-state index >= 15 is 0 Å². The van der Waals surface area contributed by atoms with Crippen molar-refractivity contribution in [3.05, 3.63) is 49.3 Å². The summed E-state index contributed by atoms with van der Waals surface area (Å²) in [5.41, 5.74) is 6.07. The lowest BCUT2D eigenvalue weighted by molar-refractivity contribution is 0.601. The molecule has 0 saturated heterocycles. The highest BCUT2D eigenvalue weighted by atomic mass is 79.9. The van der Waals surface area contributed by atoms with E-state index in [9.17, 15) is 8.42 Å². The van der Waals surface area contributed by atoms with Crippen LogP contribution in [0, 0.1) is 0 Å². The van der Waals surface area contributed by atoms with Gasteiger partial charge in [0.05, 0.1) is 21.4 Å². The molecule has 4 nitrogen and oxygen atoms in total. The molecule has 9 heteroatoms. The van der Waals surface area contributed by atoms with Gasteiger partial charge in [0.2, 0.25) is 0 Å². The van der Waals surface area contributed by atoms with E-state index in [4.69, 9.17) is 28.9 Å². The molecule has 112 valence electrons. The standard InChI is InChI=1S/C12H8Br2Cl2N2O2S/c13-6-4-7(14)12(9(17)5-6)21(19,20)18-10-3-1-2-8(15)11(10)16/h1-5,18H,17H2. The van der Waals surface area contributed by atoms with E-state index in [2.05, 4.69) is 36.6 Å². The van der Waals surface area contributed by atoms with Gasteiger partial charge in [0, 0.05) is 8.95 Å². The molecule has 0 aliphatic rings. The zero-order valence-corrected chi connectivity index (χ0v) is 15.7. The maximum Gasteiger partial charge on any atom is 0.265 e. The third kappa shape index (κ3) is 3.65. The number of hydrogen-bond acceptors (Lipinski definition) is 3. The second-order valence-electron chi connectivity index (χ2n) is 4.01. The van der Waals surface area contributed by atoms with Gasteiger partial charge >= 0.3 is 0 Å². The Balaban J connectivity index is 2.51. The number of halogens is 4. The zero-order chi connectivity index (χ0) is 15.8. The summed E-state index contributed by atoms with van der Waals surface area (Å²) in [7, 11) is -3.92. The molecule has 0 amide bonds. The number of nitrogen functional groups attached to an aromatic ring is 1. The van der Waals surface area contributed by atoms with Crippen LogP contribution in [0.3, 0.4) is 0 Å². The smallest absolute Gasteiger partial charge is 0.265 e. The predicted molar refractivity (Wildman–Crippen MR) is 93.5 cm³/mol. The van der Waals surface area contributed by atoms with Crippen molar-refractivity contribution in [2.45, 2.75) is 4.90 Å². The molecule has 2 aromatic rings. The Morgan fingerprint density at radius 2 is 1.81 bits per heavy atom. The van der Waals surface area contributed by atoms with Gasteiger partial charge in [0.1, 0.15) is 4.90 Å². The van der Waals surface area contributed by atoms with Crippen LogP contribution in [0.5, 0.6) is 0 Å². The van der Waals surface area contributed by atoms with Crippen LogP contribution in [0.15, 0.2) is 44.2 Å². The number of benzene rings is 2. The van der Waals surface area contributed by atoms with E-state index in [1.807, 2.05) is 0 Å². The molecule has 0 aliphatic heterocycles. The molecule has 0 aromatic heterocycles. The fourth-order valence-corrected chi connectivity index (χ4v) is 5.19. The van der Waals surface area contributed by atoms with E-state index in [1.165, 1.54) is 12.1 Å². The molecule has 2 rings (SSSR count). The van der Waals surface area contributed by atoms with Crippen molar-refractivity contribution < 1.29 is 8.42 Å². The first-order valence-corrected chi connectivity index (χ1v) is 9.26. The van der Waals surface area contributed by atoms with E-state index in [0.29, 0.717) is 8.95 Å². The van der Waals surface area contributed by atoms with Crippen LogP contribution in [-0.2, 0) is 10.0 Å². The van der Waals surface area contributed by atoms with Crippen molar-refractivity contribution in [2.75, 3.05) is 10.5 Å². The van der Waals surface area contributed by atoms with Gasteiger partial charge in [-0.3, -0.25) is 4.72 Å². The van der Waals surface area contributed by atoms with Gasteiger partial charge in [0.15, 0.2) is 0 Å². The highest BCUT2D eigenvalue weighted by Gasteiger charge is 2.23. The summed E-state index contributed by atoms with van der Waals surface area (Å²) in [6, 6.07) is 7.75. The lowest BCUT2D eigenvalue weighted by Gasteiger charge is -2.13. The molecule has 0 bridgehead atoms. The molecule has 3 N–H and O–H groups in total. The van der Waals surface area contributed by atoms with Crippen molar-refractivity contribution in [1.29, 1.82) is 0 Å². The Kier molecular flexibility index (Phi) is 5.10. The first kappa shape index (κ1) is 16.9. The molecule has 0 atom stereocenters. The number of sulfonamides is 1. The minimum absolute atomic E-state index is 0.0678. The predicted octanol–water partition coefficient (Wildman–Crippen LogP) is 4.90. The molecular weight excluding hydrogens is 467 g/mol. The molecular formula is C12H8Br2Cl2N2O2S. The number of nitrogens with one attached hydrogen (secondary N) is 1. The summed E-state index contributed by atoms with van der Waals surface area (Å²) >= 11 is 18.3. The van der Waals surface area contributed by atoms with Gasteiger partial charge in [-0.15, -0.1) is 0 Å².